The normalized spacial score (nSPS) is 10.6. The van der Waals surface area contributed by atoms with Crippen LogP contribution in [0.3, 0.4) is 0 Å². The van der Waals surface area contributed by atoms with E-state index in [4.69, 9.17) is 0 Å². The van der Waals surface area contributed by atoms with Crippen LogP contribution in [0.4, 0.5) is 11.6 Å². The van der Waals surface area contributed by atoms with Crippen molar-refractivity contribution in [3.05, 3.63) is 21.7 Å². The number of aromatic nitrogens is 2. The smallest absolute Gasteiger partial charge is 0.363 e. The average molecular weight is 212 g/mol. The fraction of sp³-hybridized carbons (Fsp3) is 0.286. The number of hydrogen-bond donors (Lipinski definition) is 1. The average Bonchev–Trinajstić information content (AvgIpc) is 2.62. The SMILES string of the molecule is CCNc1nc2sccn2c1[N+](=O)[O-]. The van der Waals surface area contributed by atoms with Crippen molar-refractivity contribution in [1.82, 2.24) is 9.38 Å². The predicted molar refractivity (Wildman–Crippen MR) is 53.9 cm³/mol. The van der Waals surface area contributed by atoms with E-state index in [1.165, 1.54) is 15.7 Å². The first-order chi connectivity index (χ1) is 6.74. The molecule has 0 bridgehead atoms. The summed E-state index contributed by atoms with van der Waals surface area (Å²) in [6.45, 7) is 2.49. The van der Waals surface area contributed by atoms with Crippen LogP contribution in [0, 0.1) is 10.1 Å². The Kier molecular flexibility index (Phi) is 2.08. The molecule has 0 aliphatic rings. The summed E-state index contributed by atoms with van der Waals surface area (Å²) in [6.07, 6.45) is 1.64. The largest absolute Gasteiger partial charge is 0.372 e. The van der Waals surface area contributed by atoms with Gasteiger partial charge in [0.05, 0.1) is 0 Å². The molecule has 0 aliphatic heterocycles. The van der Waals surface area contributed by atoms with Crippen molar-refractivity contribution in [2.45, 2.75) is 6.92 Å². The third kappa shape index (κ3) is 1.22. The highest BCUT2D eigenvalue weighted by Crippen LogP contribution is 2.27. The Morgan fingerprint density at radius 1 is 1.79 bits per heavy atom. The highest BCUT2D eigenvalue weighted by Gasteiger charge is 2.22. The van der Waals surface area contributed by atoms with Crippen LogP contribution < -0.4 is 5.32 Å². The molecule has 0 aromatic carbocycles. The summed E-state index contributed by atoms with van der Waals surface area (Å²) in [7, 11) is 0. The molecule has 0 fully saturated rings. The Labute approximate surface area is 83.3 Å². The second kappa shape index (κ2) is 3.26. The van der Waals surface area contributed by atoms with Gasteiger partial charge in [0.25, 0.3) is 4.96 Å². The first-order valence-corrected chi connectivity index (χ1v) is 4.95. The van der Waals surface area contributed by atoms with E-state index in [1.807, 2.05) is 6.92 Å². The van der Waals surface area contributed by atoms with Gasteiger partial charge in [-0.25, -0.2) is 0 Å². The minimum Gasteiger partial charge on any atom is -0.363 e. The molecule has 0 unspecified atom stereocenters. The molecule has 1 N–H and O–H groups in total. The minimum absolute atomic E-state index is 0.00287. The van der Waals surface area contributed by atoms with E-state index < -0.39 is 4.92 Å². The molecule has 0 amide bonds. The molecule has 2 aromatic rings. The number of nitro groups is 1. The molecule has 2 heterocycles. The predicted octanol–water partition coefficient (Wildman–Crippen LogP) is 1.74. The van der Waals surface area contributed by atoms with Crippen molar-refractivity contribution in [3.8, 4) is 0 Å². The van der Waals surface area contributed by atoms with Crippen molar-refractivity contribution in [2.75, 3.05) is 11.9 Å². The molecule has 14 heavy (non-hydrogen) atoms. The van der Waals surface area contributed by atoms with Gasteiger partial charge in [-0.3, -0.25) is 0 Å². The fourth-order valence-electron chi connectivity index (χ4n) is 1.23. The zero-order valence-electron chi connectivity index (χ0n) is 7.43. The Morgan fingerprint density at radius 3 is 3.21 bits per heavy atom. The number of fused-ring (bicyclic) bond motifs is 1. The van der Waals surface area contributed by atoms with Gasteiger partial charge >= 0.3 is 5.82 Å². The molecule has 74 valence electrons. The quantitative estimate of drug-likeness (QED) is 0.621. The van der Waals surface area contributed by atoms with Gasteiger partial charge < -0.3 is 15.4 Å². The molecule has 6 nitrogen and oxygen atoms in total. The molecule has 0 saturated heterocycles. The molecule has 7 heteroatoms. The highest BCUT2D eigenvalue weighted by atomic mass is 32.1. The molecule has 0 aliphatic carbocycles. The number of thiazole rings is 1. The summed E-state index contributed by atoms with van der Waals surface area (Å²) in [5.74, 6) is 0.340. The molecule has 0 saturated carbocycles. The monoisotopic (exact) mass is 212 g/mol. The molecule has 2 rings (SSSR count). The molecule has 0 atom stereocenters. The van der Waals surface area contributed by atoms with Gasteiger partial charge in [0.1, 0.15) is 6.20 Å². The number of nitrogens with zero attached hydrogens (tertiary/aromatic N) is 3. The standard InChI is InChI=1S/C7H8N4O2S/c1-2-8-5-6(11(12)13)10-3-4-14-7(10)9-5/h3-4,8H,2H2,1H3. The first kappa shape index (κ1) is 8.95. The van der Waals surface area contributed by atoms with Crippen molar-refractivity contribution in [3.63, 3.8) is 0 Å². The van der Waals surface area contributed by atoms with Crippen LogP contribution in [0.25, 0.3) is 4.96 Å². The van der Waals surface area contributed by atoms with Gasteiger partial charge in [-0.05, 0) is 11.8 Å². The Hall–Kier alpha value is -1.63. The van der Waals surface area contributed by atoms with E-state index in [1.54, 1.807) is 11.6 Å². The summed E-state index contributed by atoms with van der Waals surface area (Å²) in [6, 6.07) is 0. The van der Waals surface area contributed by atoms with E-state index in [-0.39, 0.29) is 5.82 Å². The van der Waals surface area contributed by atoms with Crippen LogP contribution >= 0.6 is 11.3 Å². The summed E-state index contributed by atoms with van der Waals surface area (Å²) >= 11 is 1.37. The van der Waals surface area contributed by atoms with Crippen LogP contribution in [-0.2, 0) is 0 Å². The minimum atomic E-state index is -0.426. The van der Waals surface area contributed by atoms with Gasteiger partial charge in [0, 0.05) is 11.9 Å². The zero-order valence-corrected chi connectivity index (χ0v) is 8.24. The Morgan fingerprint density at radius 2 is 2.57 bits per heavy atom. The first-order valence-electron chi connectivity index (χ1n) is 4.08. The number of rotatable bonds is 3. The van der Waals surface area contributed by atoms with Crippen LogP contribution in [0.5, 0.6) is 0 Å². The third-order valence-corrected chi connectivity index (χ3v) is 2.51. The second-order valence-corrected chi connectivity index (χ2v) is 3.50. The molecule has 0 spiro atoms. The van der Waals surface area contributed by atoms with Crippen LogP contribution in [0.1, 0.15) is 6.92 Å². The summed E-state index contributed by atoms with van der Waals surface area (Å²) in [5, 5.41) is 15.4. The van der Waals surface area contributed by atoms with Crippen LogP contribution in [0.15, 0.2) is 11.6 Å². The maximum absolute atomic E-state index is 10.8. The van der Waals surface area contributed by atoms with Gasteiger partial charge in [0.15, 0.2) is 0 Å². The highest BCUT2D eigenvalue weighted by molar-refractivity contribution is 7.15. The summed E-state index contributed by atoms with van der Waals surface area (Å²) in [5.41, 5.74) is 0. The molecule has 2 aromatic heterocycles. The van der Waals surface area contributed by atoms with Gasteiger partial charge in [-0.2, -0.15) is 9.38 Å². The van der Waals surface area contributed by atoms with E-state index in [2.05, 4.69) is 10.3 Å². The lowest BCUT2D eigenvalue weighted by atomic mass is 10.6. The van der Waals surface area contributed by atoms with E-state index in [9.17, 15) is 10.1 Å². The van der Waals surface area contributed by atoms with E-state index >= 15 is 0 Å². The molecular formula is C7H8N4O2S. The topological polar surface area (TPSA) is 72.5 Å². The zero-order chi connectivity index (χ0) is 10.1. The second-order valence-electron chi connectivity index (χ2n) is 2.63. The Bertz CT molecular complexity index is 475. The lowest BCUT2D eigenvalue weighted by Gasteiger charge is -1.97. The summed E-state index contributed by atoms with van der Waals surface area (Å²) < 4.78 is 1.47. The number of imidazole rings is 1. The van der Waals surface area contributed by atoms with E-state index in [0.29, 0.717) is 17.3 Å². The molecular weight excluding hydrogens is 204 g/mol. The van der Waals surface area contributed by atoms with Gasteiger partial charge in [-0.15, -0.1) is 0 Å². The number of anilines is 1. The lowest BCUT2D eigenvalue weighted by Crippen LogP contribution is -2.01. The van der Waals surface area contributed by atoms with Crippen LogP contribution in [0.2, 0.25) is 0 Å². The Balaban J connectivity index is 2.63. The third-order valence-electron chi connectivity index (χ3n) is 1.75. The maximum Gasteiger partial charge on any atom is 0.372 e. The lowest BCUT2D eigenvalue weighted by molar-refractivity contribution is -0.389. The van der Waals surface area contributed by atoms with Crippen molar-refractivity contribution in [2.24, 2.45) is 0 Å². The maximum atomic E-state index is 10.8. The fourth-order valence-corrected chi connectivity index (χ4v) is 1.94. The van der Waals surface area contributed by atoms with Gasteiger partial charge in [0.2, 0.25) is 5.82 Å². The molecule has 0 radical (unpaired) electrons. The van der Waals surface area contributed by atoms with Crippen molar-refractivity contribution >= 4 is 27.9 Å². The summed E-state index contributed by atoms with van der Waals surface area (Å²) in [4.78, 5) is 15.1. The van der Waals surface area contributed by atoms with Crippen LogP contribution in [-0.4, -0.2) is 20.9 Å². The van der Waals surface area contributed by atoms with Crippen molar-refractivity contribution in [1.29, 1.82) is 0 Å². The van der Waals surface area contributed by atoms with Gasteiger partial charge in [-0.1, -0.05) is 11.3 Å². The van der Waals surface area contributed by atoms with Crippen molar-refractivity contribution < 1.29 is 4.92 Å². The number of hydrogen-bond acceptors (Lipinski definition) is 5. The van der Waals surface area contributed by atoms with E-state index in [0.717, 1.165) is 0 Å². The number of nitrogens with one attached hydrogen (secondary N) is 1.